The highest BCUT2D eigenvalue weighted by molar-refractivity contribution is 5.89. The molecule has 1 aliphatic heterocycles. The number of aliphatic hydroxyl groups excluding tert-OH is 1. The molecular weight excluding hydrogens is 346 g/mol. The molecule has 1 aliphatic rings. The average molecular weight is 373 g/mol. The van der Waals surface area contributed by atoms with Gasteiger partial charge >= 0.3 is 6.03 Å². The highest BCUT2D eigenvalue weighted by Gasteiger charge is 2.34. The standard InChI is InChI=1S/C19H27N5O3/c1-14-20-17(23-22-14)11-15-3-5-16(6-4-15)21-18(26)24(2)12-19(13-25)7-9-27-10-8-19/h3-6,25H,7-13H2,1-2H3,(H,21,26)(H,20,22,23). The van der Waals surface area contributed by atoms with Crippen LogP contribution in [0.3, 0.4) is 0 Å². The zero-order valence-electron chi connectivity index (χ0n) is 15.9. The van der Waals surface area contributed by atoms with Gasteiger partial charge < -0.3 is 20.1 Å². The van der Waals surface area contributed by atoms with Gasteiger partial charge in [-0.3, -0.25) is 5.10 Å². The van der Waals surface area contributed by atoms with Crippen LogP contribution >= 0.6 is 0 Å². The number of urea groups is 1. The van der Waals surface area contributed by atoms with Gasteiger partial charge in [-0.05, 0) is 37.5 Å². The Hall–Kier alpha value is -2.45. The van der Waals surface area contributed by atoms with Crippen molar-refractivity contribution in [2.24, 2.45) is 5.41 Å². The first-order valence-corrected chi connectivity index (χ1v) is 9.17. The summed E-state index contributed by atoms with van der Waals surface area (Å²) in [5, 5.41) is 19.7. The van der Waals surface area contributed by atoms with Gasteiger partial charge in [0.15, 0.2) is 5.82 Å². The lowest BCUT2D eigenvalue weighted by atomic mass is 9.80. The molecule has 1 saturated heterocycles. The predicted molar refractivity (Wildman–Crippen MR) is 102 cm³/mol. The van der Waals surface area contributed by atoms with Crippen molar-refractivity contribution in [2.75, 3.05) is 38.7 Å². The number of aryl methyl sites for hydroxylation is 1. The number of aromatic nitrogens is 3. The predicted octanol–water partition coefficient (Wildman–Crippen LogP) is 1.96. The zero-order valence-corrected chi connectivity index (χ0v) is 15.9. The van der Waals surface area contributed by atoms with Crippen LogP contribution in [-0.4, -0.2) is 64.6 Å². The Morgan fingerprint density at radius 2 is 2.04 bits per heavy atom. The highest BCUT2D eigenvalue weighted by atomic mass is 16.5. The molecule has 0 unspecified atom stereocenters. The van der Waals surface area contributed by atoms with Gasteiger partial charge in [0.2, 0.25) is 0 Å². The summed E-state index contributed by atoms with van der Waals surface area (Å²) >= 11 is 0. The largest absolute Gasteiger partial charge is 0.396 e. The maximum Gasteiger partial charge on any atom is 0.321 e. The minimum absolute atomic E-state index is 0.0589. The summed E-state index contributed by atoms with van der Waals surface area (Å²) < 4.78 is 5.38. The van der Waals surface area contributed by atoms with Crippen molar-refractivity contribution in [3.05, 3.63) is 41.5 Å². The molecule has 2 aromatic rings. The second-order valence-electron chi connectivity index (χ2n) is 7.27. The van der Waals surface area contributed by atoms with Crippen LogP contribution in [-0.2, 0) is 11.2 Å². The molecule has 0 atom stereocenters. The number of nitrogens with one attached hydrogen (secondary N) is 2. The van der Waals surface area contributed by atoms with Gasteiger partial charge in [0.25, 0.3) is 0 Å². The topological polar surface area (TPSA) is 103 Å². The van der Waals surface area contributed by atoms with Crippen molar-refractivity contribution in [2.45, 2.75) is 26.2 Å². The van der Waals surface area contributed by atoms with E-state index < -0.39 is 0 Å². The number of amides is 2. The van der Waals surface area contributed by atoms with Crippen LogP contribution in [0.2, 0.25) is 0 Å². The molecular formula is C19H27N5O3. The number of carbonyl (C=O) groups is 1. The van der Waals surface area contributed by atoms with Crippen molar-refractivity contribution in [1.29, 1.82) is 0 Å². The monoisotopic (exact) mass is 373 g/mol. The SMILES string of the molecule is Cc1nc(Cc2ccc(NC(=O)N(C)CC3(CO)CCOCC3)cc2)n[nH]1. The van der Waals surface area contributed by atoms with Crippen LogP contribution in [0.1, 0.15) is 30.1 Å². The van der Waals surface area contributed by atoms with E-state index in [2.05, 4.69) is 20.5 Å². The normalized spacial score (nSPS) is 16.1. The lowest BCUT2D eigenvalue weighted by Crippen LogP contribution is -2.45. The fraction of sp³-hybridized carbons (Fsp3) is 0.526. The summed E-state index contributed by atoms with van der Waals surface area (Å²) in [4.78, 5) is 18.4. The number of carbonyl (C=O) groups excluding carboxylic acids is 1. The van der Waals surface area contributed by atoms with E-state index in [4.69, 9.17) is 4.74 Å². The van der Waals surface area contributed by atoms with Crippen molar-refractivity contribution in [3.8, 4) is 0 Å². The van der Waals surface area contributed by atoms with Gasteiger partial charge in [0.1, 0.15) is 5.82 Å². The van der Waals surface area contributed by atoms with E-state index in [9.17, 15) is 9.90 Å². The summed E-state index contributed by atoms with van der Waals surface area (Å²) in [6, 6.07) is 7.46. The maximum absolute atomic E-state index is 12.5. The van der Waals surface area contributed by atoms with Gasteiger partial charge in [0, 0.05) is 44.3 Å². The molecule has 0 bridgehead atoms. The molecule has 8 heteroatoms. The highest BCUT2D eigenvalue weighted by Crippen LogP contribution is 2.30. The first-order valence-electron chi connectivity index (χ1n) is 9.17. The molecule has 2 amide bonds. The van der Waals surface area contributed by atoms with Gasteiger partial charge in [-0.1, -0.05) is 12.1 Å². The van der Waals surface area contributed by atoms with E-state index in [0.717, 1.165) is 35.7 Å². The van der Waals surface area contributed by atoms with Crippen molar-refractivity contribution >= 4 is 11.7 Å². The molecule has 8 nitrogen and oxygen atoms in total. The Balaban J connectivity index is 1.55. The molecule has 2 heterocycles. The molecule has 3 rings (SSSR count). The lowest BCUT2D eigenvalue weighted by molar-refractivity contribution is -0.0255. The number of ether oxygens (including phenoxy) is 1. The molecule has 27 heavy (non-hydrogen) atoms. The van der Waals surface area contributed by atoms with Crippen LogP contribution in [0.25, 0.3) is 0 Å². The molecule has 0 aliphatic carbocycles. The minimum Gasteiger partial charge on any atom is -0.396 e. The fourth-order valence-corrected chi connectivity index (χ4v) is 3.32. The Morgan fingerprint density at radius 1 is 1.33 bits per heavy atom. The summed E-state index contributed by atoms with van der Waals surface area (Å²) in [6.07, 6.45) is 2.16. The van der Waals surface area contributed by atoms with E-state index in [1.165, 1.54) is 0 Å². The molecule has 3 N–H and O–H groups in total. The molecule has 146 valence electrons. The number of benzene rings is 1. The Kier molecular flexibility index (Phi) is 6.08. The number of anilines is 1. The van der Waals surface area contributed by atoms with E-state index >= 15 is 0 Å². The van der Waals surface area contributed by atoms with Crippen molar-refractivity contribution in [1.82, 2.24) is 20.1 Å². The number of rotatable bonds is 6. The molecule has 0 saturated carbocycles. The molecule has 1 aromatic heterocycles. The van der Waals surface area contributed by atoms with E-state index in [0.29, 0.717) is 26.2 Å². The maximum atomic E-state index is 12.5. The molecule has 1 fully saturated rings. The van der Waals surface area contributed by atoms with Gasteiger partial charge in [-0.25, -0.2) is 9.78 Å². The van der Waals surface area contributed by atoms with Crippen LogP contribution in [0.4, 0.5) is 10.5 Å². The fourth-order valence-electron chi connectivity index (χ4n) is 3.32. The third kappa shape index (κ3) is 5.05. The Labute approximate surface area is 158 Å². The van der Waals surface area contributed by atoms with Gasteiger partial charge in [-0.15, -0.1) is 0 Å². The van der Waals surface area contributed by atoms with Crippen LogP contribution < -0.4 is 5.32 Å². The van der Waals surface area contributed by atoms with E-state index in [1.54, 1.807) is 11.9 Å². The number of aliphatic hydroxyl groups is 1. The lowest BCUT2D eigenvalue weighted by Gasteiger charge is -2.38. The van der Waals surface area contributed by atoms with Crippen molar-refractivity contribution < 1.29 is 14.6 Å². The zero-order chi connectivity index (χ0) is 19.3. The molecule has 1 aromatic carbocycles. The Bertz CT molecular complexity index is 753. The smallest absolute Gasteiger partial charge is 0.321 e. The van der Waals surface area contributed by atoms with Crippen LogP contribution in [0.5, 0.6) is 0 Å². The van der Waals surface area contributed by atoms with Crippen LogP contribution in [0.15, 0.2) is 24.3 Å². The second kappa shape index (κ2) is 8.49. The summed E-state index contributed by atoms with van der Waals surface area (Å²) in [5.41, 5.74) is 1.52. The quantitative estimate of drug-likeness (QED) is 0.718. The number of hydrogen-bond donors (Lipinski definition) is 3. The van der Waals surface area contributed by atoms with Gasteiger partial charge in [0.05, 0.1) is 6.61 Å². The summed E-state index contributed by atoms with van der Waals surface area (Å²) in [6.45, 7) is 3.68. The van der Waals surface area contributed by atoms with E-state index in [1.807, 2.05) is 31.2 Å². The third-order valence-corrected chi connectivity index (χ3v) is 5.02. The molecule has 0 spiro atoms. The summed E-state index contributed by atoms with van der Waals surface area (Å²) in [5.74, 6) is 1.54. The number of aromatic amines is 1. The molecule has 0 radical (unpaired) electrons. The third-order valence-electron chi connectivity index (χ3n) is 5.02. The summed E-state index contributed by atoms with van der Waals surface area (Å²) in [7, 11) is 1.75. The number of nitrogens with zero attached hydrogens (tertiary/aromatic N) is 3. The first kappa shape index (κ1) is 19.3. The van der Waals surface area contributed by atoms with Gasteiger partial charge in [-0.2, -0.15) is 5.10 Å². The second-order valence-corrected chi connectivity index (χ2v) is 7.27. The van der Waals surface area contributed by atoms with Crippen LogP contribution in [0, 0.1) is 12.3 Å². The number of H-pyrrole nitrogens is 1. The first-order chi connectivity index (χ1) is 13.0. The van der Waals surface area contributed by atoms with E-state index in [-0.39, 0.29) is 18.1 Å². The minimum atomic E-state index is -0.275. The van der Waals surface area contributed by atoms with Crippen molar-refractivity contribution in [3.63, 3.8) is 0 Å². The number of hydrogen-bond acceptors (Lipinski definition) is 5. The Morgan fingerprint density at radius 3 is 2.63 bits per heavy atom. The average Bonchev–Trinajstić information content (AvgIpc) is 3.08.